The van der Waals surface area contributed by atoms with Crippen molar-refractivity contribution in [2.45, 2.75) is 57.5 Å². The molecule has 6 nitrogen and oxygen atoms in total. The second-order valence-electron chi connectivity index (χ2n) is 7.07. The summed E-state index contributed by atoms with van der Waals surface area (Å²) in [5.74, 6) is 0.907. The molecular weight excluding hydrogens is 316 g/mol. The van der Waals surface area contributed by atoms with Gasteiger partial charge < -0.3 is 20.1 Å². The number of aliphatic imine (C=N–C) groups is 1. The number of ether oxygens (including phenoxy) is 2. The van der Waals surface area contributed by atoms with Gasteiger partial charge in [0, 0.05) is 39.8 Å². The summed E-state index contributed by atoms with van der Waals surface area (Å²) in [6.45, 7) is 7.87. The predicted octanol–water partition coefficient (Wildman–Crippen LogP) is 2.00. The van der Waals surface area contributed by atoms with Gasteiger partial charge in [-0.3, -0.25) is 9.89 Å². The van der Waals surface area contributed by atoms with Crippen molar-refractivity contribution in [3.63, 3.8) is 0 Å². The van der Waals surface area contributed by atoms with E-state index in [0.29, 0.717) is 6.10 Å². The molecule has 2 aliphatic rings. The van der Waals surface area contributed by atoms with Crippen LogP contribution < -0.4 is 10.6 Å². The van der Waals surface area contributed by atoms with Crippen molar-refractivity contribution >= 4 is 5.96 Å². The van der Waals surface area contributed by atoms with Crippen molar-refractivity contribution in [3.05, 3.63) is 0 Å². The van der Waals surface area contributed by atoms with Crippen LogP contribution in [0.3, 0.4) is 0 Å². The number of nitrogens with zero attached hydrogens (tertiary/aromatic N) is 2. The minimum Gasteiger partial charge on any atom is -0.379 e. The van der Waals surface area contributed by atoms with Gasteiger partial charge in [0.2, 0.25) is 0 Å². The molecule has 1 saturated carbocycles. The van der Waals surface area contributed by atoms with Crippen molar-refractivity contribution < 1.29 is 9.47 Å². The predicted molar refractivity (Wildman–Crippen MR) is 103 cm³/mol. The summed E-state index contributed by atoms with van der Waals surface area (Å²) >= 11 is 0. The summed E-state index contributed by atoms with van der Waals surface area (Å²) < 4.78 is 11.3. The average molecular weight is 355 g/mol. The second-order valence-corrected chi connectivity index (χ2v) is 7.07. The van der Waals surface area contributed by atoms with Crippen LogP contribution in [0.5, 0.6) is 0 Å². The van der Waals surface area contributed by atoms with Crippen LogP contribution in [-0.2, 0) is 9.47 Å². The normalized spacial score (nSPS) is 20.6. The van der Waals surface area contributed by atoms with Crippen LogP contribution in [0.2, 0.25) is 0 Å². The number of morpholine rings is 1. The summed E-state index contributed by atoms with van der Waals surface area (Å²) in [5, 5.41) is 6.78. The summed E-state index contributed by atoms with van der Waals surface area (Å²) in [6, 6.07) is 0. The Bertz CT molecular complexity index is 323. The zero-order chi connectivity index (χ0) is 17.6. The molecule has 1 aliphatic carbocycles. The topological polar surface area (TPSA) is 58.1 Å². The Hall–Kier alpha value is -0.850. The molecule has 1 saturated heterocycles. The molecule has 0 spiro atoms. The molecule has 0 amide bonds. The van der Waals surface area contributed by atoms with Crippen LogP contribution in [0.4, 0.5) is 0 Å². The van der Waals surface area contributed by atoms with Crippen LogP contribution in [0.25, 0.3) is 0 Å². The van der Waals surface area contributed by atoms with Gasteiger partial charge in [0.1, 0.15) is 0 Å². The molecule has 25 heavy (non-hydrogen) atoms. The van der Waals surface area contributed by atoms with Gasteiger partial charge in [0.05, 0.1) is 19.3 Å². The fourth-order valence-corrected chi connectivity index (χ4v) is 3.47. The summed E-state index contributed by atoms with van der Waals surface area (Å²) in [4.78, 5) is 6.78. The quantitative estimate of drug-likeness (QED) is 0.357. The number of hydrogen-bond acceptors (Lipinski definition) is 4. The van der Waals surface area contributed by atoms with Crippen molar-refractivity contribution in [2.75, 3.05) is 59.6 Å². The molecular formula is C19H38N4O2. The molecule has 2 rings (SSSR count). The van der Waals surface area contributed by atoms with Crippen LogP contribution in [0.1, 0.15) is 51.4 Å². The smallest absolute Gasteiger partial charge is 0.190 e. The lowest BCUT2D eigenvalue weighted by molar-refractivity contribution is 0.0277. The third-order valence-electron chi connectivity index (χ3n) is 5.04. The Morgan fingerprint density at radius 1 is 1.04 bits per heavy atom. The molecule has 0 aromatic carbocycles. The lowest BCUT2D eigenvalue weighted by Gasteiger charge is -2.26. The lowest BCUT2D eigenvalue weighted by Crippen LogP contribution is -2.39. The van der Waals surface area contributed by atoms with Gasteiger partial charge in [-0.2, -0.15) is 0 Å². The second kappa shape index (κ2) is 13.4. The summed E-state index contributed by atoms with van der Waals surface area (Å²) in [6.07, 6.45) is 10.5. The molecule has 0 radical (unpaired) electrons. The van der Waals surface area contributed by atoms with Crippen LogP contribution in [0, 0.1) is 0 Å². The third kappa shape index (κ3) is 9.42. The van der Waals surface area contributed by atoms with Crippen LogP contribution >= 0.6 is 0 Å². The highest BCUT2D eigenvalue weighted by Gasteiger charge is 2.13. The van der Waals surface area contributed by atoms with Gasteiger partial charge in [-0.25, -0.2) is 0 Å². The summed E-state index contributed by atoms with van der Waals surface area (Å²) in [5.41, 5.74) is 0. The third-order valence-corrected chi connectivity index (χ3v) is 5.04. The Morgan fingerprint density at radius 2 is 1.76 bits per heavy atom. The van der Waals surface area contributed by atoms with E-state index < -0.39 is 0 Å². The molecule has 0 aromatic heterocycles. The van der Waals surface area contributed by atoms with Crippen LogP contribution in [0.15, 0.2) is 4.99 Å². The van der Waals surface area contributed by atoms with E-state index in [-0.39, 0.29) is 0 Å². The Labute approximate surface area is 153 Å². The fraction of sp³-hybridized carbons (Fsp3) is 0.947. The van der Waals surface area contributed by atoms with E-state index >= 15 is 0 Å². The molecule has 146 valence electrons. The maximum Gasteiger partial charge on any atom is 0.190 e. The lowest BCUT2D eigenvalue weighted by atomic mass is 9.98. The van der Waals surface area contributed by atoms with E-state index in [9.17, 15) is 0 Å². The first-order chi connectivity index (χ1) is 12.4. The molecule has 1 heterocycles. The minimum atomic E-state index is 0.512. The standard InChI is InChI=1S/C19H38N4O2/c1-20-19(21-10-5-6-12-23-13-16-24-17-14-23)22-11-7-15-25-18-8-3-2-4-9-18/h18H,2-17H2,1H3,(H2,20,21,22). The minimum absolute atomic E-state index is 0.512. The van der Waals surface area contributed by atoms with E-state index in [1.165, 1.54) is 51.5 Å². The maximum absolute atomic E-state index is 5.96. The zero-order valence-corrected chi connectivity index (χ0v) is 16.1. The molecule has 0 atom stereocenters. The zero-order valence-electron chi connectivity index (χ0n) is 16.1. The maximum atomic E-state index is 5.96. The Kier molecular flexibility index (Phi) is 10.9. The van der Waals surface area contributed by atoms with E-state index in [4.69, 9.17) is 9.47 Å². The van der Waals surface area contributed by atoms with Gasteiger partial charge in [-0.05, 0) is 38.6 Å². The van der Waals surface area contributed by atoms with E-state index in [2.05, 4.69) is 20.5 Å². The molecule has 1 aliphatic heterocycles. The van der Waals surface area contributed by atoms with Gasteiger partial charge in [0.15, 0.2) is 5.96 Å². The number of rotatable bonds is 10. The monoisotopic (exact) mass is 354 g/mol. The number of unbranched alkanes of at least 4 members (excludes halogenated alkanes) is 1. The van der Waals surface area contributed by atoms with Crippen LogP contribution in [-0.4, -0.2) is 76.6 Å². The Balaban J connectivity index is 1.41. The average Bonchev–Trinajstić information content (AvgIpc) is 2.67. The number of hydrogen-bond donors (Lipinski definition) is 2. The first-order valence-electron chi connectivity index (χ1n) is 10.2. The largest absolute Gasteiger partial charge is 0.379 e. The van der Waals surface area contributed by atoms with Crippen molar-refractivity contribution in [2.24, 2.45) is 4.99 Å². The fourth-order valence-electron chi connectivity index (χ4n) is 3.47. The first kappa shape index (κ1) is 20.5. The molecule has 0 bridgehead atoms. The van der Waals surface area contributed by atoms with E-state index in [0.717, 1.165) is 58.4 Å². The molecule has 6 heteroatoms. The number of guanidine groups is 1. The van der Waals surface area contributed by atoms with E-state index in [1.54, 1.807) is 0 Å². The Morgan fingerprint density at radius 3 is 2.48 bits per heavy atom. The van der Waals surface area contributed by atoms with Gasteiger partial charge >= 0.3 is 0 Å². The van der Waals surface area contributed by atoms with Crippen molar-refractivity contribution in [1.29, 1.82) is 0 Å². The molecule has 2 N–H and O–H groups in total. The van der Waals surface area contributed by atoms with Gasteiger partial charge in [-0.15, -0.1) is 0 Å². The highest BCUT2D eigenvalue weighted by atomic mass is 16.5. The molecule has 0 unspecified atom stereocenters. The van der Waals surface area contributed by atoms with Gasteiger partial charge in [0.25, 0.3) is 0 Å². The van der Waals surface area contributed by atoms with Crippen molar-refractivity contribution in [1.82, 2.24) is 15.5 Å². The SMILES string of the molecule is CN=C(NCCCCN1CCOCC1)NCCCOC1CCCCC1. The summed E-state index contributed by atoms with van der Waals surface area (Å²) in [7, 11) is 1.83. The van der Waals surface area contributed by atoms with Gasteiger partial charge in [-0.1, -0.05) is 19.3 Å². The molecule has 0 aromatic rings. The highest BCUT2D eigenvalue weighted by molar-refractivity contribution is 5.79. The highest BCUT2D eigenvalue weighted by Crippen LogP contribution is 2.20. The van der Waals surface area contributed by atoms with E-state index in [1.807, 2.05) is 7.05 Å². The first-order valence-corrected chi connectivity index (χ1v) is 10.2. The molecule has 2 fully saturated rings. The van der Waals surface area contributed by atoms with Crippen molar-refractivity contribution in [3.8, 4) is 0 Å². The number of nitrogens with one attached hydrogen (secondary N) is 2.